The number of hydrogen-bond donors (Lipinski definition) is 0. The van der Waals surface area contributed by atoms with E-state index in [1.165, 1.54) is 0 Å². The van der Waals surface area contributed by atoms with E-state index in [1.807, 2.05) is 0 Å². The Kier molecular flexibility index (Phi) is 3.13. The van der Waals surface area contributed by atoms with E-state index in [1.54, 1.807) is 38.0 Å². The van der Waals surface area contributed by atoms with Crippen LogP contribution >= 0.6 is 0 Å². The quantitative estimate of drug-likeness (QED) is 0.635. The van der Waals surface area contributed by atoms with E-state index in [4.69, 9.17) is 0 Å². The molecule has 2 amide bonds. The molecule has 1 rings (SSSR count). The maximum absolute atomic E-state index is 11.5. The van der Waals surface area contributed by atoms with Crippen LogP contribution in [0.15, 0.2) is 0 Å². The van der Waals surface area contributed by atoms with Crippen molar-refractivity contribution in [2.24, 2.45) is 11.8 Å². The predicted molar refractivity (Wildman–Crippen MR) is 53.6 cm³/mol. The number of nitrogens with zero attached hydrogens (tertiary/aromatic N) is 2. The second-order valence-corrected chi connectivity index (χ2v) is 4.33. The molecule has 0 aromatic heterocycles. The Labute approximate surface area is 84.9 Å². The maximum Gasteiger partial charge on any atom is 0.225 e. The van der Waals surface area contributed by atoms with E-state index >= 15 is 0 Å². The average molecular weight is 198 g/mol. The molecule has 1 aliphatic rings. The van der Waals surface area contributed by atoms with Gasteiger partial charge in [0.2, 0.25) is 11.8 Å². The van der Waals surface area contributed by atoms with Gasteiger partial charge in [0.15, 0.2) is 0 Å². The molecule has 0 spiro atoms. The van der Waals surface area contributed by atoms with E-state index in [2.05, 4.69) is 0 Å². The third-order valence-electron chi connectivity index (χ3n) is 2.72. The molecular formula is C10H18N2O2. The normalized spacial score (nSPS) is 25.1. The summed E-state index contributed by atoms with van der Waals surface area (Å²) in [5.74, 6) is 0.429. The molecule has 0 heterocycles. The van der Waals surface area contributed by atoms with Gasteiger partial charge < -0.3 is 9.80 Å². The highest BCUT2D eigenvalue weighted by Crippen LogP contribution is 2.35. The third-order valence-corrected chi connectivity index (χ3v) is 2.72. The summed E-state index contributed by atoms with van der Waals surface area (Å²) in [6.07, 6.45) is 1.43. The van der Waals surface area contributed by atoms with E-state index in [0.717, 1.165) is 0 Å². The van der Waals surface area contributed by atoms with Crippen molar-refractivity contribution in [3.05, 3.63) is 0 Å². The molecule has 4 heteroatoms. The highest BCUT2D eigenvalue weighted by atomic mass is 16.2. The van der Waals surface area contributed by atoms with Crippen LogP contribution in [0.4, 0.5) is 0 Å². The Bertz CT molecular complexity index is 219. The van der Waals surface area contributed by atoms with E-state index in [9.17, 15) is 9.59 Å². The minimum atomic E-state index is 0.0684. The van der Waals surface area contributed by atoms with Crippen molar-refractivity contribution >= 4 is 11.8 Å². The highest BCUT2D eigenvalue weighted by molar-refractivity contribution is 5.85. The van der Waals surface area contributed by atoms with Gasteiger partial charge in [-0.05, 0) is 12.8 Å². The van der Waals surface area contributed by atoms with E-state index in [-0.39, 0.29) is 23.7 Å². The van der Waals surface area contributed by atoms with Crippen LogP contribution in [0.2, 0.25) is 0 Å². The molecule has 80 valence electrons. The van der Waals surface area contributed by atoms with Crippen molar-refractivity contribution in [3.63, 3.8) is 0 Å². The first-order valence-corrected chi connectivity index (χ1v) is 4.85. The second-order valence-electron chi connectivity index (χ2n) is 4.33. The molecule has 0 aliphatic heterocycles. The van der Waals surface area contributed by atoms with Crippen molar-refractivity contribution < 1.29 is 9.59 Å². The molecule has 0 bridgehead atoms. The van der Waals surface area contributed by atoms with Gasteiger partial charge in [-0.3, -0.25) is 9.59 Å². The number of amides is 2. The van der Waals surface area contributed by atoms with Crippen LogP contribution in [-0.2, 0) is 9.59 Å². The van der Waals surface area contributed by atoms with Crippen molar-refractivity contribution in [1.82, 2.24) is 9.80 Å². The van der Waals surface area contributed by atoms with Gasteiger partial charge in [0.05, 0.1) is 0 Å². The Morgan fingerprint density at radius 2 is 1.14 bits per heavy atom. The van der Waals surface area contributed by atoms with Gasteiger partial charge in [0.25, 0.3) is 0 Å². The van der Waals surface area contributed by atoms with Crippen LogP contribution in [0.5, 0.6) is 0 Å². The van der Waals surface area contributed by atoms with Gasteiger partial charge in [0.1, 0.15) is 0 Å². The molecule has 1 aliphatic carbocycles. The van der Waals surface area contributed by atoms with Crippen LogP contribution < -0.4 is 0 Å². The number of hydrogen-bond acceptors (Lipinski definition) is 2. The number of carbonyl (C=O) groups excluding carboxylic acids is 2. The molecule has 0 saturated heterocycles. The Morgan fingerprint density at radius 3 is 1.36 bits per heavy atom. The lowest BCUT2D eigenvalue weighted by Gasteiger charge is -2.35. The van der Waals surface area contributed by atoms with Crippen molar-refractivity contribution in [2.75, 3.05) is 28.2 Å². The van der Waals surface area contributed by atoms with Gasteiger partial charge in [-0.15, -0.1) is 0 Å². The fourth-order valence-electron chi connectivity index (χ4n) is 1.75. The summed E-state index contributed by atoms with van der Waals surface area (Å²) in [6, 6.07) is 0. The average Bonchev–Trinajstić information content (AvgIpc) is 2.00. The zero-order valence-electron chi connectivity index (χ0n) is 9.28. The summed E-state index contributed by atoms with van der Waals surface area (Å²) >= 11 is 0. The van der Waals surface area contributed by atoms with E-state index in [0.29, 0.717) is 12.8 Å². The van der Waals surface area contributed by atoms with Gasteiger partial charge >= 0.3 is 0 Å². The summed E-state index contributed by atoms with van der Waals surface area (Å²) in [6.45, 7) is 0. The van der Waals surface area contributed by atoms with Crippen LogP contribution in [-0.4, -0.2) is 49.8 Å². The minimum absolute atomic E-state index is 0.0684. The summed E-state index contributed by atoms with van der Waals surface area (Å²) in [4.78, 5) is 26.1. The SMILES string of the molecule is CN(C)C(=O)C1CC(C(=O)N(C)C)C1. The van der Waals surface area contributed by atoms with Gasteiger partial charge in [-0.1, -0.05) is 0 Å². The lowest BCUT2D eigenvalue weighted by molar-refractivity contribution is -0.144. The number of carbonyl (C=O) groups is 2. The molecule has 1 saturated carbocycles. The molecule has 4 nitrogen and oxygen atoms in total. The summed E-state index contributed by atoms with van der Waals surface area (Å²) in [7, 11) is 7.01. The number of rotatable bonds is 2. The van der Waals surface area contributed by atoms with Crippen LogP contribution in [0.3, 0.4) is 0 Å². The zero-order valence-corrected chi connectivity index (χ0v) is 9.28. The monoisotopic (exact) mass is 198 g/mol. The van der Waals surface area contributed by atoms with Gasteiger partial charge in [-0.25, -0.2) is 0 Å². The Balaban J connectivity index is 2.37. The molecule has 0 aromatic rings. The smallest absolute Gasteiger partial charge is 0.225 e. The van der Waals surface area contributed by atoms with Crippen molar-refractivity contribution in [3.8, 4) is 0 Å². The van der Waals surface area contributed by atoms with Gasteiger partial charge in [0, 0.05) is 40.0 Å². The predicted octanol–water partition coefficient (Wildman–Crippen LogP) is 0.189. The maximum atomic E-state index is 11.5. The first kappa shape index (κ1) is 11.0. The fraction of sp³-hybridized carbons (Fsp3) is 0.800. The first-order valence-electron chi connectivity index (χ1n) is 4.85. The molecular weight excluding hydrogens is 180 g/mol. The van der Waals surface area contributed by atoms with E-state index < -0.39 is 0 Å². The minimum Gasteiger partial charge on any atom is -0.349 e. The molecule has 14 heavy (non-hydrogen) atoms. The summed E-state index contributed by atoms with van der Waals surface area (Å²) in [5, 5.41) is 0. The first-order chi connectivity index (χ1) is 6.43. The molecule has 0 N–H and O–H groups in total. The van der Waals surface area contributed by atoms with Crippen LogP contribution in [0.25, 0.3) is 0 Å². The van der Waals surface area contributed by atoms with Crippen molar-refractivity contribution in [1.29, 1.82) is 0 Å². The largest absolute Gasteiger partial charge is 0.349 e. The molecule has 1 fully saturated rings. The summed E-state index contributed by atoms with van der Waals surface area (Å²) in [5.41, 5.74) is 0. The summed E-state index contributed by atoms with van der Waals surface area (Å²) < 4.78 is 0. The zero-order chi connectivity index (χ0) is 10.9. The highest BCUT2D eigenvalue weighted by Gasteiger charge is 2.39. The topological polar surface area (TPSA) is 40.6 Å². The van der Waals surface area contributed by atoms with Gasteiger partial charge in [-0.2, -0.15) is 0 Å². The molecule has 0 atom stereocenters. The van der Waals surface area contributed by atoms with Crippen molar-refractivity contribution in [2.45, 2.75) is 12.8 Å². The second kappa shape index (κ2) is 3.98. The fourth-order valence-corrected chi connectivity index (χ4v) is 1.75. The molecule has 0 aromatic carbocycles. The lowest BCUT2D eigenvalue weighted by atomic mass is 9.73. The van der Waals surface area contributed by atoms with Crippen LogP contribution in [0, 0.1) is 11.8 Å². The standard InChI is InChI=1S/C10H18N2O2/c1-11(2)9(13)7-5-8(6-7)10(14)12(3)4/h7-8H,5-6H2,1-4H3. The third kappa shape index (κ3) is 2.05. The molecule has 0 radical (unpaired) electrons. The van der Waals surface area contributed by atoms with Crippen LogP contribution in [0.1, 0.15) is 12.8 Å². The lowest BCUT2D eigenvalue weighted by Crippen LogP contribution is -2.44. The Morgan fingerprint density at radius 1 is 0.857 bits per heavy atom. The molecule has 0 unspecified atom stereocenters. The Hall–Kier alpha value is -1.06.